The maximum Gasteiger partial charge on any atom is 0.419 e. The smallest absolute Gasteiger partial charge is 0.319 e. The van der Waals surface area contributed by atoms with Crippen molar-refractivity contribution >= 4 is 17.6 Å². The van der Waals surface area contributed by atoms with E-state index in [4.69, 9.17) is 11.6 Å². The summed E-state index contributed by atoms with van der Waals surface area (Å²) in [6.07, 6.45) is -3.21. The molecule has 0 spiro atoms. The van der Waals surface area contributed by atoms with Crippen LogP contribution in [0.2, 0.25) is 5.02 Å². The summed E-state index contributed by atoms with van der Waals surface area (Å²) in [4.78, 5) is 13.6. The molecule has 0 saturated carbocycles. The molecule has 2 rings (SSSR count). The van der Waals surface area contributed by atoms with Gasteiger partial charge in [0.1, 0.15) is 0 Å². The van der Waals surface area contributed by atoms with E-state index in [1.165, 1.54) is 4.90 Å². The average Bonchev–Trinajstić information content (AvgIpc) is 2.94. The van der Waals surface area contributed by atoms with Crippen LogP contribution in [0.3, 0.4) is 0 Å². The first kappa shape index (κ1) is 16.4. The second-order valence-corrected chi connectivity index (χ2v) is 5.03. The quantitative estimate of drug-likeness (QED) is 0.851. The van der Waals surface area contributed by atoms with Crippen LogP contribution >= 0.6 is 11.6 Å². The lowest BCUT2D eigenvalue weighted by Crippen LogP contribution is -2.34. The minimum absolute atomic E-state index is 0.233. The van der Waals surface area contributed by atoms with Crippen LogP contribution in [0.1, 0.15) is 18.1 Å². The summed E-state index contributed by atoms with van der Waals surface area (Å²) < 4.78 is 38.3. The lowest BCUT2D eigenvalue weighted by Gasteiger charge is -2.20. The van der Waals surface area contributed by atoms with E-state index >= 15 is 0 Å². The van der Waals surface area contributed by atoms with E-state index in [0.717, 1.165) is 5.56 Å². The summed E-state index contributed by atoms with van der Waals surface area (Å²) >= 11 is 5.88. The van der Waals surface area contributed by atoms with Crippen LogP contribution in [0.25, 0.3) is 0 Å². The Morgan fingerprint density at radius 3 is 2.68 bits per heavy atom. The standard InChI is InChI=1S/C14H13ClF3N3O/c1-2-20(8-10-4-3-5-12(15)6-10)13(22)21-9-11(7-19-21)14(16,17)18/h3-7,9H,2,8H2,1H3. The van der Waals surface area contributed by atoms with Crippen molar-refractivity contribution < 1.29 is 18.0 Å². The maximum absolute atomic E-state index is 12.5. The molecule has 1 amide bonds. The van der Waals surface area contributed by atoms with Crippen LogP contribution in [0.4, 0.5) is 18.0 Å². The third-order valence-corrected chi connectivity index (χ3v) is 3.26. The van der Waals surface area contributed by atoms with Gasteiger partial charge in [-0.05, 0) is 24.6 Å². The molecule has 0 unspecified atom stereocenters. The van der Waals surface area contributed by atoms with Gasteiger partial charge >= 0.3 is 12.2 Å². The van der Waals surface area contributed by atoms with E-state index in [2.05, 4.69) is 5.10 Å². The summed E-state index contributed by atoms with van der Waals surface area (Å²) in [5.74, 6) is 0. The number of rotatable bonds is 3. The largest absolute Gasteiger partial charge is 0.419 e. The Labute approximate surface area is 130 Å². The Kier molecular flexibility index (Phi) is 4.75. The molecule has 0 fully saturated rings. The number of aromatic nitrogens is 2. The van der Waals surface area contributed by atoms with Gasteiger partial charge in [0.05, 0.1) is 11.8 Å². The van der Waals surface area contributed by atoms with E-state index in [-0.39, 0.29) is 6.54 Å². The van der Waals surface area contributed by atoms with Gasteiger partial charge in [-0.2, -0.15) is 23.0 Å². The number of hydrogen-bond acceptors (Lipinski definition) is 2. The van der Waals surface area contributed by atoms with Gasteiger partial charge in [0, 0.05) is 24.3 Å². The molecule has 118 valence electrons. The highest BCUT2D eigenvalue weighted by Gasteiger charge is 2.33. The molecule has 0 saturated heterocycles. The zero-order chi connectivity index (χ0) is 16.3. The van der Waals surface area contributed by atoms with Gasteiger partial charge < -0.3 is 4.90 Å². The fourth-order valence-electron chi connectivity index (χ4n) is 1.89. The number of carbonyl (C=O) groups excluding carboxylic acids is 1. The van der Waals surface area contributed by atoms with Gasteiger partial charge in [-0.15, -0.1) is 0 Å². The predicted octanol–water partition coefficient (Wildman–Crippen LogP) is 4.05. The molecule has 8 heteroatoms. The summed E-state index contributed by atoms with van der Waals surface area (Å²) in [7, 11) is 0. The molecule has 22 heavy (non-hydrogen) atoms. The van der Waals surface area contributed by atoms with Gasteiger partial charge in [-0.3, -0.25) is 0 Å². The highest BCUT2D eigenvalue weighted by atomic mass is 35.5. The molecule has 4 nitrogen and oxygen atoms in total. The van der Waals surface area contributed by atoms with Crippen LogP contribution in [0, 0.1) is 0 Å². The topological polar surface area (TPSA) is 38.1 Å². The fourth-order valence-corrected chi connectivity index (χ4v) is 2.10. The van der Waals surface area contributed by atoms with Crippen molar-refractivity contribution in [3.8, 4) is 0 Å². The number of alkyl halides is 3. The maximum atomic E-state index is 12.5. The zero-order valence-corrected chi connectivity index (χ0v) is 12.4. The molecule has 2 aromatic rings. The SMILES string of the molecule is CCN(Cc1cccc(Cl)c1)C(=O)n1cc(C(F)(F)F)cn1. The van der Waals surface area contributed by atoms with Gasteiger partial charge in [-0.25, -0.2) is 4.79 Å². The molecule has 0 atom stereocenters. The second kappa shape index (κ2) is 6.39. The van der Waals surface area contributed by atoms with Crippen LogP contribution in [0.15, 0.2) is 36.7 Å². The van der Waals surface area contributed by atoms with Gasteiger partial charge in [0.25, 0.3) is 0 Å². The minimum Gasteiger partial charge on any atom is -0.319 e. The molecule has 0 aliphatic rings. The molecule has 0 radical (unpaired) electrons. The first-order chi connectivity index (χ1) is 10.3. The van der Waals surface area contributed by atoms with E-state index in [1.54, 1.807) is 31.2 Å². The number of amides is 1. The zero-order valence-electron chi connectivity index (χ0n) is 11.6. The highest BCUT2D eigenvalue weighted by Crippen LogP contribution is 2.28. The Balaban J connectivity index is 2.17. The summed E-state index contributed by atoms with van der Waals surface area (Å²) in [6.45, 7) is 2.29. The summed E-state index contributed by atoms with van der Waals surface area (Å²) in [6, 6.07) is 6.30. The first-order valence-corrected chi connectivity index (χ1v) is 6.84. The van der Waals surface area contributed by atoms with E-state index < -0.39 is 17.8 Å². The van der Waals surface area contributed by atoms with E-state index in [1.807, 2.05) is 0 Å². The number of halogens is 4. The molecule has 0 aliphatic carbocycles. The van der Waals surface area contributed by atoms with Crippen LogP contribution in [-0.2, 0) is 12.7 Å². The lowest BCUT2D eigenvalue weighted by molar-refractivity contribution is -0.137. The van der Waals surface area contributed by atoms with E-state index in [9.17, 15) is 18.0 Å². The monoisotopic (exact) mass is 331 g/mol. The minimum atomic E-state index is -4.53. The number of nitrogens with zero attached hydrogens (tertiary/aromatic N) is 3. The predicted molar refractivity (Wildman–Crippen MR) is 75.6 cm³/mol. The molecular formula is C14H13ClF3N3O. The van der Waals surface area contributed by atoms with Crippen molar-refractivity contribution in [2.75, 3.05) is 6.54 Å². The van der Waals surface area contributed by atoms with E-state index in [0.29, 0.717) is 28.6 Å². The molecule has 1 aromatic heterocycles. The molecule has 0 N–H and O–H groups in total. The number of carbonyl (C=O) groups is 1. The Morgan fingerprint density at radius 1 is 1.41 bits per heavy atom. The van der Waals surface area contributed by atoms with Crippen LogP contribution < -0.4 is 0 Å². The Hall–Kier alpha value is -2.02. The summed E-state index contributed by atoms with van der Waals surface area (Å²) in [5.41, 5.74) is -0.175. The van der Waals surface area contributed by atoms with Gasteiger partial charge in [-0.1, -0.05) is 23.7 Å². The van der Waals surface area contributed by atoms with Crippen LogP contribution in [0.5, 0.6) is 0 Å². The van der Waals surface area contributed by atoms with Crippen molar-refractivity contribution in [1.82, 2.24) is 14.7 Å². The van der Waals surface area contributed by atoms with Crippen molar-refractivity contribution in [1.29, 1.82) is 0 Å². The van der Waals surface area contributed by atoms with Crippen molar-refractivity contribution in [2.24, 2.45) is 0 Å². The third-order valence-electron chi connectivity index (χ3n) is 3.02. The summed E-state index contributed by atoms with van der Waals surface area (Å²) in [5, 5.41) is 4.02. The normalized spacial score (nSPS) is 11.5. The molecule has 0 bridgehead atoms. The average molecular weight is 332 g/mol. The third kappa shape index (κ3) is 3.79. The van der Waals surface area contributed by atoms with Gasteiger partial charge in [0.2, 0.25) is 0 Å². The fraction of sp³-hybridized carbons (Fsp3) is 0.286. The van der Waals surface area contributed by atoms with Gasteiger partial charge in [0.15, 0.2) is 0 Å². The van der Waals surface area contributed by atoms with Crippen molar-refractivity contribution in [3.05, 3.63) is 52.8 Å². The van der Waals surface area contributed by atoms with Crippen LogP contribution in [-0.4, -0.2) is 27.3 Å². The number of hydrogen-bond donors (Lipinski definition) is 0. The molecular weight excluding hydrogens is 319 g/mol. The number of benzene rings is 1. The first-order valence-electron chi connectivity index (χ1n) is 6.47. The van der Waals surface area contributed by atoms with Crippen molar-refractivity contribution in [3.63, 3.8) is 0 Å². The Morgan fingerprint density at radius 2 is 2.14 bits per heavy atom. The van der Waals surface area contributed by atoms with Crippen molar-refractivity contribution in [2.45, 2.75) is 19.6 Å². The molecule has 1 aromatic carbocycles. The Bertz CT molecular complexity index is 669. The molecule has 1 heterocycles. The molecule has 0 aliphatic heterocycles. The highest BCUT2D eigenvalue weighted by molar-refractivity contribution is 6.30. The lowest BCUT2D eigenvalue weighted by atomic mass is 10.2. The second-order valence-electron chi connectivity index (χ2n) is 4.60.